The van der Waals surface area contributed by atoms with Gasteiger partial charge in [0.05, 0.1) is 5.39 Å². The fourth-order valence-corrected chi connectivity index (χ4v) is 3.33. The molecule has 0 radical (unpaired) electrons. The molecule has 0 aliphatic heterocycles. The van der Waals surface area contributed by atoms with E-state index in [4.69, 9.17) is 26.2 Å². The van der Waals surface area contributed by atoms with Gasteiger partial charge >= 0.3 is 12.6 Å². The average Bonchev–Trinajstić information content (AvgIpc) is 2.72. The summed E-state index contributed by atoms with van der Waals surface area (Å²) >= 11 is 5.92. The molecule has 3 aromatic rings. The molecule has 1 unspecified atom stereocenters. The standard InChI is InChI=1S/C22H19ClF3NO4/c1-3-16-14(10-12-4-6-13(23)7-5-12)20(31-22(25)26)18-17(30-11(2)21(28)29)9-8-15(24)19(18)27-16/h4-9,11,22H,3,10H2,1-2H3,(H,28,29). The van der Waals surface area contributed by atoms with Gasteiger partial charge in [0, 0.05) is 22.7 Å². The molecule has 5 nitrogen and oxygen atoms in total. The van der Waals surface area contributed by atoms with Crippen LogP contribution < -0.4 is 9.47 Å². The van der Waals surface area contributed by atoms with Crippen LogP contribution in [0.2, 0.25) is 5.02 Å². The molecule has 0 amide bonds. The Bertz CT molecular complexity index is 1110. The summed E-state index contributed by atoms with van der Waals surface area (Å²) in [7, 11) is 0. The van der Waals surface area contributed by atoms with Gasteiger partial charge in [-0.1, -0.05) is 30.7 Å². The summed E-state index contributed by atoms with van der Waals surface area (Å²) in [6.45, 7) is -0.170. The number of aromatic nitrogens is 1. The first-order valence-electron chi connectivity index (χ1n) is 9.43. The highest BCUT2D eigenvalue weighted by Crippen LogP contribution is 2.41. The van der Waals surface area contributed by atoms with E-state index in [1.165, 1.54) is 13.0 Å². The van der Waals surface area contributed by atoms with Gasteiger partial charge < -0.3 is 14.6 Å². The molecule has 1 heterocycles. The van der Waals surface area contributed by atoms with E-state index in [2.05, 4.69) is 4.98 Å². The average molecular weight is 454 g/mol. The SMILES string of the molecule is CCc1nc2c(F)ccc(OC(C)C(=O)O)c2c(OC(F)F)c1Cc1ccc(Cl)cc1. The Morgan fingerprint density at radius 1 is 1.16 bits per heavy atom. The van der Waals surface area contributed by atoms with Crippen LogP contribution in [-0.4, -0.2) is 28.8 Å². The van der Waals surface area contributed by atoms with Crippen LogP contribution in [0, 0.1) is 5.82 Å². The van der Waals surface area contributed by atoms with E-state index >= 15 is 0 Å². The molecule has 2 aromatic carbocycles. The maximum atomic E-state index is 14.6. The predicted molar refractivity (Wildman–Crippen MR) is 110 cm³/mol. The van der Waals surface area contributed by atoms with Crippen molar-refractivity contribution in [2.45, 2.75) is 39.4 Å². The number of carboxylic acids is 1. The molecule has 0 fully saturated rings. The molecule has 1 aromatic heterocycles. The highest BCUT2D eigenvalue weighted by atomic mass is 35.5. The molecule has 0 aliphatic rings. The van der Waals surface area contributed by atoms with E-state index in [9.17, 15) is 18.0 Å². The van der Waals surface area contributed by atoms with Crippen molar-refractivity contribution >= 4 is 28.5 Å². The number of rotatable bonds is 8. The van der Waals surface area contributed by atoms with Crippen LogP contribution in [-0.2, 0) is 17.6 Å². The van der Waals surface area contributed by atoms with E-state index in [0.717, 1.165) is 11.6 Å². The van der Waals surface area contributed by atoms with Gasteiger partial charge in [0.25, 0.3) is 0 Å². The third kappa shape index (κ3) is 5.02. The normalized spacial score (nSPS) is 12.2. The monoisotopic (exact) mass is 453 g/mol. The molecule has 1 atom stereocenters. The summed E-state index contributed by atoms with van der Waals surface area (Å²) in [6, 6.07) is 9.00. The number of carbonyl (C=O) groups is 1. The summed E-state index contributed by atoms with van der Waals surface area (Å²) < 4.78 is 51.6. The number of benzene rings is 2. The lowest BCUT2D eigenvalue weighted by atomic mass is 9.98. The number of fused-ring (bicyclic) bond motifs is 1. The van der Waals surface area contributed by atoms with Crippen molar-refractivity contribution in [3.63, 3.8) is 0 Å². The predicted octanol–water partition coefficient (Wildman–Crippen LogP) is 5.63. The molecule has 3 rings (SSSR count). The summed E-state index contributed by atoms with van der Waals surface area (Å²) in [5, 5.41) is 9.53. The molecule has 0 spiro atoms. The van der Waals surface area contributed by atoms with Gasteiger partial charge in [-0.15, -0.1) is 0 Å². The van der Waals surface area contributed by atoms with Crippen LogP contribution in [0.3, 0.4) is 0 Å². The second kappa shape index (κ2) is 9.43. The Labute approximate surface area is 181 Å². The summed E-state index contributed by atoms with van der Waals surface area (Å²) in [4.78, 5) is 15.6. The number of halogens is 4. The first-order chi connectivity index (χ1) is 14.7. The van der Waals surface area contributed by atoms with Gasteiger partial charge in [0.15, 0.2) is 6.10 Å². The zero-order valence-corrected chi connectivity index (χ0v) is 17.4. The number of aryl methyl sites for hydroxylation is 1. The van der Waals surface area contributed by atoms with E-state index in [-0.39, 0.29) is 28.8 Å². The largest absolute Gasteiger partial charge is 0.479 e. The Balaban J connectivity index is 2.29. The van der Waals surface area contributed by atoms with Crippen LogP contribution in [0.15, 0.2) is 36.4 Å². The van der Waals surface area contributed by atoms with E-state index in [1.54, 1.807) is 31.2 Å². The van der Waals surface area contributed by atoms with Crippen LogP contribution >= 0.6 is 11.6 Å². The summed E-state index contributed by atoms with van der Waals surface area (Å²) in [5.41, 5.74) is 1.22. The maximum Gasteiger partial charge on any atom is 0.387 e. The highest BCUT2D eigenvalue weighted by molar-refractivity contribution is 6.30. The van der Waals surface area contributed by atoms with Crippen LogP contribution in [0.5, 0.6) is 11.5 Å². The summed E-state index contributed by atoms with van der Waals surface area (Å²) in [6.07, 6.45) is -0.816. The Morgan fingerprint density at radius 3 is 2.42 bits per heavy atom. The van der Waals surface area contributed by atoms with Crippen molar-refractivity contribution in [1.29, 1.82) is 0 Å². The molecular weight excluding hydrogens is 435 g/mol. The van der Waals surface area contributed by atoms with Crippen LogP contribution in [0.25, 0.3) is 10.9 Å². The zero-order chi connectivity index (χ0) is 22.7. The molecule has 31 heavy (non-hydrogen) atoms. The van der Waals surface area contributed by atoms with Crippen molar-refractivity contribution < 1.29 is 32.5 Å². The quantitative estimate of drug-likeness (QED) is 0.478. The van der Waals surface area contributed by atoms with Crippen molar-refractivity contribution in [2.24, 2.45) is 0 Å². The lowest BCUT2D eigenvalue weighted by molar-refractivity contribution is -0.144. The third-order valence-electron chi connectivity index (χ3n) is 4.67. The molecule has 0 saturated heterocycles. The molecule has 0 saturated carbocycles. The first kappa shape index (κ1) is 22.7. The minimum absolute atomic E-state index is 0.116. The second-order valence-corrected chi connectivity index (χ2v) is 7.21. The summed E-state index contributed by atoms with van der Waals surface area (Å²) in [5.74, 6) is -2.45. The number of aliphatic carboxylic acids is 1. The minimum atomic E-state index is -3.20. The lowest BCUT2D eigenvalue weighted by Gasteiger charge is -2.20. The fraction of sp³-hybridized carbons (Fsp3) is 0.273. The second-order valence-electron chi connectivity index (χ2n) is 6.77. The number of hydrogen-bond donors (Lipinski definition) is 1. The maximum absolute atomic E-state index is 14.6. The number of alkyl halides is 2. The number of pyridine rings is 1. The molecule has 0 bridgehead atoms. The van der Waals surface area contributed by atoms with Gasteiger partial charge in [0.1, 0.15) is 22.8 Å². The van der Waals surface area contributed by atoms with Crippen LogP contribution in [0.4, 0.5) is 13.2 Å². The Kier molecular flexibility index (Phi) is 6.90. The van der Waals surface area contributed by atoms with E-state index < -0.39 is 24.5 Å². The number of hydrogen-bond acceptors (Lipinski definition) is 4. The molecule has 164 valence electrons. The van der Waals surface area contributed by atoms with Gasteiger partial charge in [-0.3, -0.25) is 0 Å². The fourth-order valence-electron chi connectivity index (χ4n) is 3.20. The molecule has 0 aliphatic carbocycles. The van der Waals surface area contributed by atoms with Gasteiger partial charge in [-0.25, -0.2) is 14.2 Å². The molecular formula is C22H19ClF3NO4. The minimum Gasteiger partial charge on any atom is -0.479 e. The van der Waals surface area contributed by atoms with Crippen LogP contribution in [0.1, 0.15) is 30.7 Å². The zero-order valence-electron chi connectivity index (χ0n) is 16.7. The smallest absolute Gasteiger partial charge is 0.387 e. The number of nitrogens with zero attached hydrogens (tertiary/aromatic N) is 1. The van der Waals surface area contributed by atoms with E-state index in [1.807, 2.05) is 0 Å². The first-order valence-corrected chi connectivity index (χ1v) is 9.81. The van der Waals surface area contributed by atoms with Gasteiger partial charge in [-0.2, -0.15) is 8.78 Å². The van der Waals surface area contributed by atoms with Crippen molar-refractivity contribution in [2.75, 3.05) is 0 Å². The molecule has 1 N–H and O–H groups in total. The van der Waals surface area contributed by atoms with Crippen molar-refractivity contribution in [1.82, 2.24) is 4.98 Å². The van der Waals surface area contributed by atoms with Crippen molar-refractivity contribution in [3.05, 3.63) is 64.1 Å². The molecule has 9 heteroatoms. The Hall–Kier alpha value is -3.00. The number of carboxylic acid groups (broad SMARTS) is 1. The van der Waals surface area contributed by atoms with Gasteiger partial charge in [0.2, 0.25) is 0 Å². The van der Waals surface area contributed by atoms with Gasteiger partial charge in [-0.05, 0) is 43.2 Å². The van der Waals surface area contributed by atoms with E-state index in [0.29, 0.717) is 22.7 Å². The topological polar surface area (TPSA) is 68.7 Å². The Morgan fingerprint density at radius 2 is 1.84 bits per heavy atom. The highest BCUT2D eigenvalue weighted by Gasteiger charge is 2.25. The number of ether oxygens (including phenoxy) is 2. The lowest BCUT2D eigenvalue weighted by Crippen LogP contribution is -2.23. The van der Waals surface area contributed by atoms with Crippen molar-refractivity contribution in [3.8, 4) is 11.5 Å². The third-order valence-corrected chi connectivity index (χ3v) is 4.93.